The Morgan fingerprint density at radius 1 is 1.15 bits per heavy atom. The van der Waals surface area contributed by atoms with E-state index in [9.17, 15) is 4.79 Å². The van der Waals surface area contributed by atoms with Gasteiger partial charge in [0.1, 0.15) is 0 Å². The number of fused-ring (bicyclic) bond motifs is 1. The molecule has 0 fully saturated rings. The summed E-state index contributed by atoms with van der Waals surface area (Å²) in [5, 5.41) is 0. The lowest BCUT2D eigenvalue weighted by Crippen LogP contribution is -2.29. The Hall–Kier alpha value is -1.33. The van der Waals surface area contributed by atoms with Gasteiger partial charge in [0, 0.05) is 26.9 Å². The van der Waals surface area contributed by atoms with Crippen molar-refractivity contribution >= 4 is 49.1 Å². The molecule has 0 radical (unpaired) electrons. The summed E-state index contributed by atoms with van der Waals surface area (Å²) in [4.78, 5) is 14.5. The van der Waals surface area contributed by atoms with Gasteiger partial charge in [-0.05, 0) is 64.3 Å². The van der Waals surface area contributed by atoms with Crippen molar-refractivity contribution in [1.82, 2.24) is 0 Å². The van der Waals surface area contributed by atoms with Gasteiger partial charge in [-0.3, -0.25) is 4.79 Å². The van der Waals surface area contributed by atoms with E-state index in [1.807, 2.05) is 36.4 Å². The molecule has 0 aromatic heterocycles. The summed E-state index contributed by atoms with van der Waals surface area (Å²) >= 11 is 6.85. The molecule has 102 valence electrons. The van der Waals surface area contributed by atoms with Crippen molar-refractivity contribution in [2.75, 3.05) is 17.2 Å². The maximum Gasteiger partial charge on any atom is 0.259 e. The average Bonchev–Trinajstić information content (AvgIpc) is 2.83. The van der Waals surface area contributed by atoms with Crippen LogP contribution in [0.3, 0.4) is 0 Å². The maximum atomic E-state index is 12.7. The number of halogens is 2. The third-order valence-corrected chi connectivity index (χ3v) is 4.59. The second kappa shape index (κ2) is 5.22. The molecule has 1 aliphatic heterocycles. The molecule has 3 nitrogen and oxygen atoms in total. The molecule has 0 unspecified atom stereocenters. The number of benzene rings is 2. The number of hydrogen-bond acceptors (Lipinski definition) is 2. The second-order valence-corrected chi connectivity index (χ2v) is 6.49. The van der Waals surface area contributed by atoms with Crippen molar-refractivity contribution in [2.24, 2.45) is 0 Å². The van der Waals surface area contributed by atoms with Crippen molar-refractivity contribution in [3.8, 4) is 0 Å². The summed E-state index contributed by atoms with van der Waals surface area (Å²) in [5.74, 6) is 0.00157. The maximum absolute atomic E-state index is 12.7. The molecule has 2 N–H and O–H groups in total. The minimum absolute atomic E-state index is 0.00157. The number of nitrogens with two attached hydrogens (primary N) is 1. The minimum Gasteiger partial charge on any atom is -0.399 e. The summed E-state index contributed by atoms with van der Waals surface area (Å²) < 4.78 is 1.69. The third-order valence-electron chi connectivity index (χ3n) is 3.40. The Balaban J connectivity index is 2.00. The van der Waals surface area contributed by atoms with E-state index in [0.717, 1.165) is 32.3 Å². The lowest BCUT2D eigenvalue weighted by atomic mass is 10.1. The van der Waals surface area contributed by atoms with Crippen molar-refractivity contribution in [1.29, 1.82) is 0 Å². The van der Waals surface area contributed by atoms with Crippen LogP contribution in [0, 0.1) is 0 Å². The van der Waals surface area contributed by atoms with Crippen LogP contribution >= 0.6 is 31.9 Å². The Bertz CT molecular complexity index is 700. The van der Waals surface area contributed by atoms with Gasteiger partial charge in [-0.25, -0.2) is 0 Å². The number of nitrogens with zero attached hydrogens (tertiary/aromatic N) is 1. The van der Waals surface area contributed by atoms with E-state index in [1.54, 1.807) is 4.90 Å². The van der Waals surface area contributed by atoms with E-state index >= 15 is 0 Å². The van der Waals surface area contributed by atoms with Crippen LogP contribution in [0.5, 0.6) is 0 Å². The Labute approximate surface area is 134 Å². The van der Waals surface area contributed by atoms with Gasteiger partial charge < -0.3 is 10.6 Å². The van der Waals surface area contributed by atoms with Crippen LogP contribution in [-0.2, 0) is 6.42 Å². The highest BCUT2D eigenvalue weighted by Crippen LogP contribution is 2.32. The fourth-order valence-corrected chi connectivity index (χ4v) is 3.22. The highest BCUT2D eigenvalue weighted by molar-refractivity contribution is 9.11. The Kier molecular flexibility index (Phi) is 3.56. The molecule has 0 saturated carbocycles. The van der Waals surface area contributed by atoms with Crippen LogP contribution in [0.4, 0.5) is 11.4 Å². The number of anilines is 2. The zero-order chi connectivity index (χ0) is 14.3. The molecule has 0 bridgehead atoms. The van der Waals surface area contributed by atoms with Gasteiger partial charge >= 0.3 is 0 Å². The third kappa shape index (κ3) is 2.36. The quantitative estimate of drug-likeness (QED) is 0.742. The first-order valence-electron chi connectivity index (χ1n) is 6.21. The van der Waals surface area contributed by atoms with Crippen molar-refractivity contribution < 1.29 is 4.79 Å². The van der Waals surface area contributed by atoms with Crippen LogP contribution < -0.4 is 10.6 Å². The smallest absolute Gasteiger partial charge is 0.259 e. The first kappa shape index (κ1) is 13.6. The molecule has 1 amide bonds. The van der Waals surface area contributed by atoms with E-state index in [-0.39, 0.29) is 5.91 Å². The first-order valence-corrected chi connectivity index (χ1v) is 7.80. The van der Waals surface area contributed by atoms with E-state index in [4.69, 9.17) is 5.73 Å². The summed E-state index contributed by atoms with van der Waals surface area (Å²) in [7, 11) is 0. The van der Waals surface area contributed by atoms with E-state index in [1.165, 1.54) is 0 Å². The largest absolute Gasteiger partial charge is 0.399 e. The lowest BCUT2D eigenvalue weighted by Gasteiger charge is -2.18. The van der Waals surface area contributed by atoms with Gasteiger partial charge in [0.05, 0.1) is 5.56 Å². The number of nitrogen functional groups attached to an aromatic ring is 1. The predicted octanol–water partition coefficient (Wildman–Crippen LogP) is 4.00. The SMILES string of the molecule is Nc1ccc2c(c1)CCN2C(=O)c1cc(Br)ccc1Br. The molecule has 0 atom stereocenters. The molecular formula is C15H12Br2N2O. The average molecular weight is 396 g/mol. The minimum atomic E-state index is 0.00157. The summed E-state index contributed by atoms with van der Waals surface area (Å²) in [6.07, 6.45) is 0.845. The van der Waals surface area contributed by atoms with Gasteiger partial charge in [-0.15, -0.1) is 0 Å². The monoisotopic (exact) mass is 394 g/mol. The Morgan fingerprint density at radius 3 is 2.75 bits per heavy atom. The van der Waals surface area contributed by atoms with Crippen molar-refractivity contribution in [3.05, 3.63) is 56.5 Å². The van der Waals surface area contributed by atoms with Gasteiger partial charge in [-0.1, -0.05) is 15.9 Å². The highest BCUT2D eigenvalue weighted by atomic mass is 79.9. The van der Waals surface area contributed by atoms with Crippen LogP contribution in [0.1, 0.15) is 15.9 Å². The summed E-state index contributed by atoms with van der Waals surface area (Å²) in [5.41, 5.74) is 9.27. The molecule has 2 aromatic carbocycles. The van der Waals surface area contributed by atoms with Gasteiger partial charge in [0.25, 0.3) is 5.91 Å². The standard InChI is InChI=1S/C15H12Br2N2O/c16-10-1-3-13(17)12(8-10)15(20)19-6-5-9-7-11(18)2-4-14(9)19/h1-4,7-8H,5-6,18H2. The molecule has 3 rings (SSSR count). The second-order valence-electron chi connectivity index (χ2n) is 4.72. The summed E-state index contributed by atoms with van der Waals surface area (Å²) in [6, 6.07) is 11.3. The van der Waals surface area contributed by atoms with Gasteiger partial charge in [0.15, 0.2) is 0 Å². The number of hydrogen-bond donors (Lipinski definition) is 1. The topological polar surface area (TPSA) is 46.3 Å². The fraction of sp³-hybridized carbons (Fsp3) is 0.133. The van der Waals surface area contributed by atoms with E-state index in [2.05, 4.69) is 31.9 Å². The van der Waals surface area contributed by atoms with Crippen LogP contribution in [0.25, 0.3) is 0 Å². The molecular weight excluding hydrogens is 384 g/mol. The molecule has 20 heavy (non-hydrogen) atoms. The zero-order valence-corrected chi connectivity index (χ0v) is 13.7. The van der Waals surface area contributed by atoms with Crippen molar-refractivity contribution in [2.45, 2.75) is 6.42 Å². The molecule has 2 aromatic rings. The number of rotatable bonds is 1. The van der Waals surface area contributed by atoms with Crippen LogP contribution in [0.15, 0.2) is 45.3 Å². The van der Waals surface area contributed by atoms with Crippen LogP contribution in [-0.4, -0.2) is 12.5 Å². The molecule has 0 aliphatic carbocycles. The molecule has 5 heteroatoms. The van der Waals surface area contributed by atoms with E-state index < -0.39 is 0 Å². The van der Waals surface area contributed by atoms with Gasteiger partial charge in [0.2, 0.25) is 0 Å². The Morgan fingerprint density at radius 2 is 1.95 bits per heavy atom. The molecule has 0 spiro atoms. The fourth-order valence-electron chi connectivity index (χ4n) is 2.44. The predicted molar refractivity (Wildman–Crippen MR) is 88.1 cm³/mol. The normalized spacial score (nSPS) is 13.4. The van der Waals surface area contributed by atoms with Gasteiger partial charge in [-0.2, -0.15) is 0 Å². The number of amides is 1. The highest BCUT2D eigenvalue weighted by Gasteiger charge is 2.26. The number of carbonyl (C=O) groups is 1. The summed E-state index contributed by atoms with van der Waals surface area (Å²) in [6.45, 7) is 0.691. The molecule has 1 aliphatic rings. The first-order chi connectivity index (χ1) is 9.56. The molecule has 0 saturated heterocycles. The molecule has 1 heterocycles. The van der Waals surface area contributed by atoms with E-state index in [0.29, 0.717) is 12.1 Å². The van der Waals surface area contributed by atoms with Crippen LogP contribution in [0.2, 0.25) is 0 Å². The van der Waals surface area contributed by atoms with Crippen molar-refractivity contribution in [3.63, 3.8) is 0 Å². The number of carbonyl (C=O) groups excluding carboxylic acids is 1. The zero-order valence-electron chi connectivity index (χ0n) is 10.6. The lowest BCUT2D eigenvalue weighted by molar-refractivity contribution is 0.0988.